The monoisotopic (exact) mass is 580 g/mol. The fourth-order valence-corrected chi connectivity index (χ4v) is 5.40. The highest BCUT2D eigenvalue weighted by Crippen LogP contribution is 2.34. The zero-order valence-electron chi connectivity index (χ0n) is 22.0. The van der Waals surface area contributed by atoms with Crippen LogP contribution in [0.5, 0.6) is 0 Å². The van der Waals surface area contributed by atoms with E-state index in [9.17, 15) is 25.5 Å². The smallest absolute Gasteiger partial charge is 0.215 e. The van der Waals surface area contributed by atoms with Crippen LogP contribution in [0.3, 0.4) is 0 Å². The number of aliphatic hydroxyl groups excluding tert-OH is 5. The van der Waals surface area contributed by atoms with E-state index in [0.29, 0.717) is 12.2 Å². The van der Waals surface area contributed by atoms with Gasteiger partial charge in [0.25, 0.3) is 0 Å². The van der Waals surface area contributed by atoms with Crippen molar-refractivity contribution in [2.24, 2.45) is 34.4 Å². The van der Waals surface area contributed by atoms with Gasteiger partial charge in [-0.3, -0.25) is 0 Å². The van der Waals surface area contributed by atoms with Gasteiger partial charge in [-0.2, -0.15) is 0 Å². The first-order valence-electron chi connectivity index (χ1n) is 13.4. The number of ether oxygens (including phenoxy) is 6. The largest absolute Gasteiger partial charge is 0.467 e. The maximum absolute atomic E-state index is 11.1. The van der Waals surface area contributed by atoms with Crippen molar-refractivity contribution < 1.29 is 54.0 Å². The van der Waals surface area contributed by atoms with Gasteiger partial charge in [-0.05, 0) is 18.9 Å². The summed E-state index contributed by atoms with van der Waals surface area (Å²) in [5.41, 5.74) is 35.9. The van der Waals surface area contributed by atoms with Crippen LogP contribution in [0, 0.1) is 0 Å². The molecule has 1 saturated carbocycles. The minimum absolute atomic E-state index is 0.137. The third kappa shape index (κ3) is 6.45. The Morgan fingerprint density at radius 1 is 0.725 bits per heavy atom. The van der Waals surface area contributed by atoms with E-state index in [4.69, 9.17) is 62.8 Å². The lowest BCUT2D eigenvalue weighted by Crippen LogP contribution is -2.65. The Kier molecular flexibility index (Phi) is 10.7. The minimum atomic E-state index is -1.53. The number of hydrogen-bond acceptors (Lipinski definition) is 17. The summed E-state index contributed by atoms with van der Waals surface area (Å²) < 4.78 is 35.0. The Bertz CT molecular complexity index is 860. The third-order valence-electron chi connectivity index (χ3n) is 7.83. The molecule has 40 heavy (non-hydrogen) atoms. The average molecular weight is 581 g/mol. The Morgan fingerprint density at radius 2 is 1.38 bits per heavy atom. The highest BCUT2D eigenvalue weighted by molar-refractivity contribution is 5.04. The summed E-state index contributed by atoms with van der Waals surface area (Å²) in [7, 11) is 0. The molecule has 0 unspecified atom stereocenters. The molecule has 4 rings (SSSR count). The van der Waals surface area contributed by atoms with Gasteiger partial charge in [0.1, 0.15) is 54.6 Å². The van der Waals surface area contributed by atoms with Crippen LogP contribution in [0.15, 0.2) is 11.8 Å². The fraction of sp³-hybridized carbons (Fsp3) is 0.913. The van der Waals surface area contributed by atoms with E-state index in [0.717, 1.165) is 0 Å². The van der Waals surface area contributed by atoms with Gasteiger partial charge in [-0.15, -0.1) is 0 Å². The Morgan fingerprint density at radius 3 is 2.02 bits per heavy atom. The van der Waals surface area contributed by atoms with Crippen LogP contribution in [-0.2, 0) is 28.4 Å². The molecular weight excluding hydrogens is 536 g/mol. The van der Waals surface area contributed by atoms with Gasteiger partial charge in [-0.25, -0.2) is 0 Å². The van der Waals surface area contributed by atoms with Crippen LogP contribution >= 0.6 is 0 Å². The lowest BCUT2D eigenvalue weighted by molar-refractivity contribution is -0.282. The number of aliphatic hydroxyl groups is 5. The molecule has 0 spiro atoms. The van der Waals surface area contributed by atoms with E-state index in [2.05, 4.69) is 0 Å². The maximum atomic E-state index is 11.1. The Balaban J connectivity index is 1.48. The molecule has 232 valence electrons. The van der Waals surface area contributed by atoms with Crippen LogP contribution in [0.4, 0.5) is 0 Å². The number of hydrogen-bond donors (Lipinski definition) is 11. The van der Waals surface area contributed by atoms with Crippen molar-refractivity contribution in [3.05, 3.63) is 11.8 Å². The molecule has 4 aliphatic rings. The van der Waals surface area contributed by atoms with Crippen molar-refractivity contribution in [3.8, 4) is 0 Å². The van der Waals surface area contributed by atoms with E-state index in [1.807, 2.05) is 0 Å². The summed E-state index contributed by atoms with van der Waals surface area (Å²) in [5.74, 6) is 0.490. The molecule has 0 bridgehead atoms. The first-order chi connectivity index (χ1) is 19.0. The highest BCUT2D eigenvalue weighted by atomic mass is 16.8. The average Bonchev–Trinajstić information content (AvgIpc) is 3.23. The summed E-state index contributed by atoms with van der Waals surface area (Å²) in [6, 6.07) is -3.24. The third-order valence-corrected chi connectivity index (χ3v) is 7.83. The zero-order chi connectivity index (χ0) is 29.3. The SMILES string of the molecule is NCC1=CC[C@@H](N)[C@@H](O[C@H]2[C@H](O[C@@H]3O[C@H](CO)[C@@H](O[C@H]4O[C@@H](CN)[C@@H](O)[C@H](O)[C@H]4N)[C@H]3O)[C@@H](O)[C@H](N)C[C@@H]2N)O1. The minimum Gasteiger partial charge on any atom is -0.467 e. The molecule has 3 aliphatic heterocycles. The molecule has 0 aromatic heterocycles. The summed E-state index contributed by atoms with van der Waals surface area (Å²) in [5, 5.41) is 52.4. The molecule has 3 heterocycles. The van der Waals surface area contributed by atoms with Crippen molar-refractivity contribution in [2.45, 2.75) is 111 Å². The van der Waals surface area contributed by atoms with Crippen molar-refractivity contribution in [2.75, 3.05) is 19.7 Å². The van der Waals surface area contributed by atoms with E-state index >= 15 is 0 Å². The van der Waals surface area contributed by atoms with Crippen molar-refractivity contribution in [1.29, 1.82) is 0 Å². The molecule has 0 aromatic rings. The van der Waals surface area contributed by atoms with E-state index in [-0.39, 0.29) is 19.5 Å². The topological polar surface area (TPSA) is 313 Å². The van der Waals surface area contributed by atoms with Gasteiger partial charge in [0.05, 0.1) is 31.3 Å². The second kappa shape index (κ2) is 13.5. The molecule has 2 saturated heterocycles. The normalized spacial score (nSPS) is 49.9. The molecule has 16 atom stereocenters. The predicted molar refractivity (Wildman–Crippen MR) is 135 cm³/mol. The number of rotatable bonds is 9. The predicted octanol–water partition coefficient (Wildman–Crippen LogP) is -6.71. The standard InChI is InChI=1S/C23H44N6O11/c24-4-7-1-2-8(26)21(35-7)38-18-10(28)3-9(27)14(31)20(18)40-23-17(34)19(12(6-30)37-23)39-22-13(29)16(33)15(32)11(5-25)36-22/h1,8-23,30-34H,2-6,24-29H2/t8-,9-,10+,11+,12-,13-,14+,15-,16-,17-,18-,19-,20-,21-,22-,23+/m1/s1. The van der Waals surface area contributed by atoms with Crippen LogP contribution in [0.1, 0.15) is 12.8 Å². The molecule has 3 fully saturated rings. The lowest BCUT2D eigenvalue weighted by atomic mass is 9.84. The molecule has 0 aromatic carbocycles. The van der Waals surface area contributed by atoms with Gasteiger partial charge >= 0.3 is 0 Å². The van der Waals surface area contributed by atoms with Gasteiger partial charge in [0.2, 0.25) is 6.29 Å². The first kappa shape index (κ1) is 31.8. The van der Waals surface area contributed by atoms with Crippen molar-refractivity contribution in [3.63, 3.8) is 0 Å². The second-order valence-corrected chi connectivity index (χ2v) is 10.7. The van der Waals surface area contributed by atoms with E-state index in [1.165, 1.54) is 0 Å². The summed E-state index contributed by atoms with van der Waals surface area (Å²) in [4.78, 5) is 0. The lowest BCUT2D eigenvalue weighted by Gasteiger charge is -2.45. The van der Waals surface area contributed by atoms with Crippen molar-refractivity contribution >= 4 is 0 Å². The van der Waals surface area contributed by atoms with Gasteiger partial charge in [-0.1, -0.05) is 0 Å². The zero-order valence-corrected chi connectivity index (χ0v) is 22.0. The first-order valence-corrected chi connectivity index (χ1v) is 13.4. The summed E-state index contributed by atoms with van der Waals surface area (Å²) in [6.07, 6.45) is -12.4. The van der Waals surface area contributed by atoms with E-state index in [1.54, 1.807) is 6.08 Å². The molecule has 17 nitrogen and oxygen atoms in total. The van der Waals surface area contributed by atoms with Crippen LogP contribution in [0.2, 0.25) is 0 Å². The molecular formula is C23H44N6O11. The van der Waals surface area contributed by atoms with Crippen molar-refractivity contribution in [1.82, 2.24) is 0 Å². The summed E-state index contributed by atoms with van der Waals surface area (Å²) in [6.45, 7) is -0.596. The van der Waals surface area contributed by atoms with Gasteiger partial charge in [0.15, 0.2) is 12.6 Å². The van der Waals surface area contributed by atoms with Crippen LogP contribution in [0.25, 0.3) is 0 Å². The van der Waals surface area contributed by atoms with Gasteiger partial charge < -0.3 is 88.4 Å². The van der Waals surface area contributed by atoms with E-state index < -0.39 is 105 Å². The molecule has 17 heteroatoms. The Labute approximate surface area is 231 Å². The number of nitrogens with two attached hydrogens (primary N) is 6. The second-order valence-electron chi connectivity index (χ2n) is 10.7. The molecule has 0 radical (unpaired) electrons. The highest BCUT2D eigenvalue weighted by Gasteiger charge is 2.53. The fourth-order valence-electron chi connectivity index (χ4n) is 5.40. The maximum Gasteiger partial charge on any atom is 0.215 e. The Hall–Kier alpha value is -1.10. The summed E-state index contributed by atoms with van der Waals surface area (Å²) >= 11 is 0. The van der Waals surface area contributed by atoms with Crippen LogP contribution < -0.4 is 34.4 Å². The quantitative estimate of drug-likeness (QED) is 0.121. The van der Waals surface area contributed by atoms with Crippen LogP contribution in [-0.4, -0.2) is 143 Å². The van der Waals surface area contributed by atoms with Gasteiger partial charge in [0, 0.05) is 18.6 Å². The molecule has 1 aliphatic carbocycles. The molecule has 0 amide bonds. The molecule has 17 N–H and O–H groups in total.